The summed E-state index contributed by atoms with van der Waals surface area (Å²) in [4.78, 5) is 13.9. The number of nitrogens with zero attached hydrogens (tertiary/aromatic N) is 3. The van der Waals surface area contributed by atoms with Crippen LogP contribution in [0.15, 0.2) is 18.2 Å². The lowest BCUT2D eigenvalue weighted by atomic mass is 10.1. The Bertz CT molecular complexity index is 750. The van der Waals surface area contributed by atoms with Gasteiger partial charge in [-0.2, -0.15) is 9.64 Å². The van der Waals surface area contributed by atoms with E-state index in [1.165, 1.54) is 0 Å². The van der Waals surface area contributed by atoms with Gasteiger partial charge in [0.2, 0.25) is 5.91 Å². The molecular weight excluding hydrogens is 320 g/mol. The highest BCUT2D eigenvalue weighted by molar-refractivity contribution is 7.10. The number of carbonyl (C=O) groups is 1. The van der Waals surface area contributed by atoms with E-state index in [4.69, 9.17) is 16.9 Å². The van der Waals surface area contributed by atoms with Gasteiger partial charge in [-0.15, -0.1) is 0 Å². The fourth-order valence-corrected chi connectivity index (χ4v) is 2.97. The van der Waals surface area contributed by atoms with E-state index in [1.54, 1.807) is 11.9 Å². The minimum Gasteiger partial charge on any atom is -0.355 e. The summed E-state index contributed by atoms with van der Waals surface area (Å²) in [5, 5.41) is 12.7. The zero-order valence-electron chi connectivity index (χ0n) is 12.5. The van der Waals surface area contributed by atoms with Crippen LogP contribution in [0.25, 0.3) is 0 Å². The Morgan fingerprint density at radius 1 is 1.50 bits per heavy atom. The molecule has 0 fully saturated rings. The molecule has 0 aliphatic carbocycles. The molecule has 0 unspecified atom stereocenters. The van der Waals surface area contributed by atoms with Crippen molar-refractivity contribution in [2.45, 2.75) is 13.8 Å². The van der Waals surface area contributed by atoms with Crippen molar-refractivity contribution in [3.05, 3.63) is 40.0 Å². The summed E-state index contributed by atoms with van der Waals surface area (Å²) in [7, 11) is 1.73. The number of carbonyl (C=O) groups excluding carboxylic acids is 1. The lowest BCUT2D eigenvalue weighted by Crippen LogP contribution is -2.30. The molecular formula is C15H15ClN4OS. The predicted molar refractivity (Wildman–Crippen MR) is 89.7 cm³/mol. The molecule has 0 aliphatic rings. The molecule has 1 heterocycles. The van der Waals surface area contributed by atoms with E-state index in [9.17, 15) is 4.79 Å². The topological polar surface area (TPSA) is 69.0 Å². The summed E-state index contributed by atoms with van der Waals surface area (Å²) in [5.41, 5.74) is 3.25. The molecule has 22 heavy (non-hydrogen) atoms. The van der Waals surface area contributed by atoms with E-state index < -0.39 is 0 Å². The van der Waals surface area contributed by atoms with Gasteiger partial charge < -0.3 is 10.2 Å². The number of rotatable bonds is 4. The van der Waals surface area contributed by atoms with Gasteiger partial charge in [-0.3, -0.25) is 4.79 Å². The summed E-state index contributed by atoms with van der Waals surface area (Å²) < 4.78 is 3.94. The molecule has 0 saturated carbocycles. The van der Waals surface area contributed by atoms with Gasteiger partial charge in [0.25, 0.3) is 0 Å². The average molecular weight is 335 g/mol. The first kappa shape index (κ1) is 16.3. The number of aromatic nitrogens is 1. The zero-order chi connectivity index (χ0) is 16.3. The molecule has 1 amide bonds. The molecule has 1 N–H and O–H groups in total. The molecule has 2 aromatic rings. The second-order valence-electron chi connectivity index (χ2n) is 4.92. The second kappa shape index (κ2) is 6.77. The van der Waals surface area contributed by atoms with Crippen molar-refractivity contribution in [1.29, 1.82) is 5.26 Å². The standard InChI is InChI=1S/C15H15ClN4OS/c1-9-5-4-6-12(10(9)2)18-13(21)8-20(3)15-11(7-17)14(16)19-22-15/h4-6H,8H2,1-3H3,(H,18,21). The van der Waals surface area contributed by atoms with Crippen LogP contribution in [0.4, 0.5) is 10.7 Å². The van der Waals surface area contributed by atoms with Crippen LogP contribution in [-0.4, -0.2) is 23.9 Å². The van der Waals surface area contributed by atoms with Gasteiger partial charge in [0.1, 0.15) is 16.6 Å². The zero-order valence-corrected chi connectivity index (χ0v) is 14.0. The van der Waals surface area contributed by atoms with Crippen LogP contribution in [0.5, 0.6) is 0 Å². The molecule has 0 atom stereocenters. The van der Waals surface area contributed by atoms with Gasteiger partial charge >= 0.3 is 0 Å². The third kappa shape index (κ3) is 3.38. The molecule has 7 heteroatoms. The highest BCUT2D eigenvalue weighted by Gasteiger charge is 2.18. The first-order chi connectivity index (χ1) is 10.4. The number of hydrogen-bond donors (Lipinski definition) is 1. The lowest BCUT2D eigenvalue weighted by Gasteiger charge is -2.17. The minimum atomic E-state index is -0.162. The minimum absolute atomic E-state index is 0.112. The van der Waals surface area contributed by atoms with Crippen molar-refractivity contribution in [2.75, 3.05) is 23.8 Å². The quantitative estimate of drug-likeness (QED) is 0.930. The van der Waals surface area contributed by atoms with Gasteiger partial charge in [-0.1, -0.05) is 23.7 Å². The number of hydrogen-bond acceptors (Lipinski definition) is 5. The molecule has 2 rings (SSSR count). The number of benzene rings is 1. The van der Waals surface area contributed by atoms with Crippen LogP contribution in [0, 0.1) is 25.2 Å². The van der Waals surface area contributed by atoms with E-state index in [1.807, 2.05) is 38.1 Å². The first-order valence-corrected chi connectivity index (χ1v) is 7.71. The van der Waals surface area contributed by atoms with Crippen molar-refractivity contribution < 1.29 is 4.79 Å². The van der Waals surface area contributed by atoms with Crippen molar-refractivity contribution in [1.82, 2.24) is 4.37 Å². The Kier molecular flexibility index (Phi) is 5.01. The SMILES string of the molecule is Cc1cccc(NC(=O)CN(C)c2snc(Cl)c2C#N)c1C. The van der Waals surface area contributed by atoms with Crippen molar-refractivity contribution in [2.24, 2.45) is 0 Å². The van der Waals surface area contributed by atoms with E-state index in [0.717, 1.165) is 28.3 Å². The van der Waals surface area contributed by atoms with E-state index in [-0.39, 0.29) is 17.6 Å². The van der Waals surface area contributed by atoms with Crippen molar-refractivity contribution in [3.63, 3.8) is 0 Å². The molecule has 0 spiro atoms. The van der Waals surface area contributed by atoms with E-state index in [0.29, 0.717) is 10.6 Å². The maximum Gasteiger partial charge on any atom is 0.243 e. The molecule has 0 aliphatic heterocycles. The Hall–Kier alpha value is -2.10. The Labute approximate surface area is 138 Å². The molecule has 0 saturated heterocycles. The smallest absolute Gasteiger partial charge is 0.243 e. The normalized spacial score (nSPS) is 10.1. The van der Waals surface area contributed by atoms with Crippen LogP contribution in [0.2, 0.25) is 5.15 Å². The number of nitrogens with one attached hydrogen (secondary N) is 1. The summed E-state index contributed by atoms with van der Waals surface area (Å²) in [6.07, 6.45) is 0. The number of aryl methyl sites for hydroxylation is 1. The van der Waals surface area contributed by atoms with Crippen molar-refractivity contribution >= 4 is 39.7 Å². The predicted octanol–water partition coefficient (Wildman–Crippen LogP) is 3.36. The number of anilines is 2. The van der Waals surface area contributed by atoms with Crippen LogP contribution < -0.4 is 10.2 Å². The summed E-state index contributed by atoms with van der Waals surface area (Å²) in [6, 6.07) is 7.77. The lowest BCUT2D eigenvalue weighted by molar-refractivity contribution is -0.114. The van der Waals surface area contributed by atoms with Gasteiger partial charge in [0.15, 0.2) is 5.15 Å². The van der Waals surface area contributed by atoms with Crippen LogP contribution in [0.1, 0.15) is 16.7 Å². The number of likely N-dealkylation sites (N-methyl/N-ethyl adjacent to an activating group) is 1. The average Bonchev–Trinajstić information content (AvgIpc) is 2.84. The monoisotopic (exact) mass is 334 g/mol. The highest BCUT2D eigenvalue weighted by Crippen LogP contribution is 2.30. The van der Waals surface area contributed by atoms with E-state index in [2.05, 4.69) is 9.69 Å². The van der Waals surface area contributed by atoms with Gasteiger partial charge in [0, 0.05) is 12.7 Å². The second-order valence-corrected chi connectivity index (χ2v) is 6.03. The Balaban J connectivity index is 2.09. The molecule has 0 bridgehead atoms. The molecule has 5 nitrogen and oxygen atoms in total. The van der Waals surface area contributed by atoms with Crippen LogP contribution >= 0.6 is 23.1 Å². The Morgan fingerprint density at radius 2 is 2.23 bits per heavy atom. The molecule has 0 radical (unpaired) electrons. The molecule has 114 valence electrons. The molecule has 1 aromatic heterocycles. The van der Waals surface area contributed by atoms with Crippen molar-refractivity contribution in [3.8, 4) is 6.07 Å². The van der Waals surface area contributed by atoms with Crippen LogP contribution in [-0.2, 0) is 4.79 Å². The third-order valence-electron chi connectivity index (χ3n) is 3.35. The number of halogens is 1. The summed E-state index contributed by atoms with van der Waals surface area (Å²) >= 11 is 6.95. The van der Waals surface area contributed by atoms with Crippen LogP contribution in [0.3, 0.4) is 0 Å². The third-order valence-corrected chi connectivity index (χ3v) is 4.69. The maximum atomic E-state index is 12.2. The number of amides is 1. The first-order valence-electron chi connectivity index (χ1n) is 6.56. The fraction of sp³-hybridized carbons (Fsp3) is 0.267. The fourth-order valence-electron chi connectivity index (χ4n) is 1.98. The van der Waals surface area contributed by atoms with Gasteiger partial charge in [-0.25, -0.2) is 0 Å². The summed E-state index contributed by atoms with van der Waals surface area (Å²) in [5.74, 6) is -0.162. The maximum absolute atomic E-state index is 12.2. The molecule has 1 aromatic carbocycles. The number of nitriles is 1. The highest BCUT2D eigenvalue weighted by atomic mass is 35.5. The Morgan fingerprint density at radius 3 is 2.91 bits per heavy atom. The van der Waals surface area contributed by atoms with Gasteiger partial charge in [0.05, 0.1) is 6.54 Å². The largest absolute Gasteiger partial charge is 0.355 e. The van der Waals surface area contributed by atoms with Gasteiger partial charge in [-0.05, 0) is 42.6 Å². The van der Waals surface area contributed by atoms with E-state index >= 15 is 0 Å². The summed E-state index contributed by atoms with van der Waals surface area (Å²) in [6.45, 7) is 4.07.